The van der Waals surface area contributed by atoms with Gasteiger partial charge in [-0.25, -0.2) is 0 Å². The molecule has 0 bridgehead atoms. The average molecular weight is 280 g/mol. The molecule has 2 rings (SSSR count). The Labute approximate surface area is 120 Å². The van der Waals surface area contributed by atoms with Crippen LogP contribution < -0.4 is 0 Å². The molecule has 19 heavy (non-hydrogen) atoms. The standard InChI is InChI=1S/C16H22ClNO/c1-12(2)11-18(14-8-9-14)16(19)10-7-13-5-3-4-6-15(13)17/h3-6,12,14H,7-11H2,1-2H3. The Kier molecular flexibility index (Phi) is 4.87. The quantitative estimate of drug-likeness (QED) is 0.773. The van der Waals surface area contributed by atoms with Gasteiger partial charge in [-0.15, -0.1) is 0 Å². The van der Waals surface area contributed by atoms with E-state index in [4.69, 9.17) is 11.6 Å². The third-order valence-electron chi connectivity index (χ3n) is 3.44. The Balaban J connectivity index is 1.90. The zero-order chi connectivity index (χ0) is 13.8. The monoisotopic (exact) mass is 279 g/mol. The van der Waals surface area contributed by atoms with Crippen molar-refractivity contribution in [3.63, 3.8) is 0 Å². The summed E-state index contributed by atoms with van der Waals surface area (Å²) in [6, 6.07) is 8.27. The van der Waals surface area contributed by atoms with Gasteiger partial charge in [0.1, 0.15) is 0 Å². The molecule has 1 aliphatic carbocycles. The topological polar surface area (TPSA) is 20.3 Å². The molecule has 0 aromatic heterocycles. The highest BCUT2D eigenvalue weighted by atomic mass is 35.5. The third kappa shape index (κ3) is 4.24. The van der Waals surface area contributed by atoms with Gasteiger partial charge in [0.25, 0.3) is 0 Å². The van der Waals surface area contributed by atoms with Crippen molar-refractivity contribution < 1.29 is 4.79 Å². The van der Waals surface area contributed by atoms with E-state index in [2.05, 4.69) is 18.7 Å². The molecule has 1 aromatic carbocycles. The molecule has 1 saturated carbocycles. The van der Waals surface area contributed by atoms with Crippen LogP contribution in [0, 0.1) is 5.92 Å². The molecule has 1 fully saturated rings. The van der Waals surface area contributed by atoms with Gasteiger partial charge in [-0.2, -0.15) is 0 Å². The summed E-state index contributed by atoms with van der Waals surface area (Å²) in [6.45, 7) is 5.21. The van der Waals surface area contributed by atoms with Crippen molar-refractivity contribution in [2.45, 2.75) is 45.6 Å². The van der Waals surface area contributed by atoms with Crippen LogP contribution in [0.1, 0.15) is 38.7 Å². The molecular formula is C16H22ClNO. The summed E-state index contributed by atoms with van der Waals surface area (Å²) in [4.78, 5) is 14.4. The fourth-order valence-corrected chi connectivity index (χ4v) is 2.55. The van der Waals surface area contributed by atoms with Gasteiger partial charge in [0, 0.05) is 24.0 Å². The molecule has 0 atom stereocenters. The van der Waals surface area contributed by atoms with Crippen molar-refractivity contribution in [1.29, 1.82) is 0 Å². The maximum Gasteiger partial charge on any atom is 0.223 e. The number of rotatable bonds is 6. The van der Waals surface area contributed by atoms with Crippen LogP contribution in [0.15, 0.2) is 24.3 Å². The first kappa shape index (κ1) is 14.4. The van der Waals surface area contributed by atoms with Crippen molar-refractivity contribution in [3.8, 4) is 0 Å². The number of carbonyl (C=O) groups is 1. The molecule has 1 aliphatic rings. The predicted octanol–water partition coefficient (Wildman–Crippen LogP) is 3.92. The van der Waals surface area contributed by atoms with E-state index >= 15 is 0 Å². The van der Waals surface area contributed by atoms with E-state index in [9.17, 15) is 4.79 Å². The molecule has 1 aromatic rings. The Hall–Kier alpha value is -1.02. The maximum absolute atomic E-state index is 12.3. The van der Waals surface area contributed by atoms with Crippen LogP contribution in [-0.2, 0) is 11.2 Å². The molecule has 2 nitrogen and oxygen atoms in total. The van der Waals surface area contributed by atoms with Crippen molar-refractivity contribution >= 4 is 17.5 Å². The number of nitrogens with zero attached hydrogens (tertiary/aromatic N) is 1. The molecular weight excluding hydrogens is 258 g/mol. The molecule has 0 spiro atoms. The Morgan fingerprint density at radius 3 is 2.63 bits per heavy atom. The molecule has 3 heteroatoms. The Morgan fingerprint density at radius 2 is 2.05 bits per heavy atom. The molecule has 1 amide bonds. The fourth-order valence-electron chi connectivity index (χ4n) is 2.32. The lowest BCUT2D eigenvalue weighted by molar-refractivity contribution is -0.132. The summed E-state index contributed by atoms with van der Waals surface area (Å²) in [5.41, 5.74) is 1.07. The van der Waals surface area contributed by atoms with E-state index in [0.717, 1.165) is 23.6 Å². The van der Waals surface area contributed by atoms with Crippen LogP contribution in [-0.4, -0.2) is 23.4 Å². The molecule has 0 heterocycles. The number of hydrogen-bond acceptors (Lipinski definition) is 1. The van der Waals surface area contributed by atoms with E-state index < -0.39 is 0 Å². The van der Waals surface area contributed by atoms with Crippen molar-refractivity contribution in [1.82, 2.24) is 4.90 Å². The molecule has 0 saturated heterocycles. The van der Waals surface area contributed by atoms with Gasteiger partial charge in [0.2, 0.25) is 5.91 Å². The second-order valence-electron chi connectivity index (χ2n) is 5.76. The first-order valence-corrected chi connectivity index (χ1v) is 7.48. The summed E-state index contributed by atoms with van der Waals surface area (Å²) in [6.07, 6.45) is 3.64. The van der Waals surface area contributed by atoms with Gasteiger partial charge in [0.15, 0.2) is 0 Å². The zero-order valence-electron chi connectivity index (χ0n) is 11.7. The van der Waals surface area contributed by atoms with Crippen LogP contribution in [0.25, 0.3) is 0 Å². The summed E-state index contributed by atoms with van der Waals surface area (Å²) in [5.74, 6) is 0.806. The van der Waals surface area contributed by atoms with E-state index in [1.807, 2.05) is 24.3 Å². The number of aryl methyl sites for hydroxylation is 1. The van der Waals surface area contributed by atoms with Gasteiger partial charge in [-0.05, 0) is 36.8 Å². The van der Waals surface area contributed by atoms with Crippen LogP contribution in [0.2, 0.25) is 5.02 Å². The van der Waals surface area contributed by atoms with E-state index in [1.54, 1.807) is 0 Å². The lowest BCUT2D eigenvalue weighted by Crippen LogP contribution is -2.36. The van der Waals surface area contributed by atoms with Gasteiger partial charge in [-0.3, -0.25) is 4.79 Å². The molecule has 104 valence electrons. The number of carbonyl (C=O) groups excluding carboxylic acids is 1. The van der Waals surface area contributed by atoms with Gasteiger partial charge >= 0.3 is 0 Å². The minimum atomic E-state index is 0.274. The minimum absolute atomic E-state index is 0.274. The molecule has 0 aliphatic heterocycles. The number of benzene rings is 1. The Bertz CT molecular complexity index is 440. The molecule has 0 N–H and O–H groups in total. The van der Waals surface area contributed by atoms with Crippen molar-refractivity contribution in [2.24, 2.45) is 5.92 Å². The fraction of sp³-hybridized carbons (Fsp3) is 0.562. The van der Waals surface area contributed by atoms with Crippen LogP contribution >= 0.6 is 11.6 Å². The average Bonchev–Trinajstić information content (AvgIpc) is 3.18. The van der Waals surface area contributed by atoms with E-state index in [-0.39, 0.29) is 5.91 Å². The highest BCUT2D eigenvalue weighted by molar-refractivity contribution is 6.31. The first-order chi connectivity index (χ1) is 9.08. The van der Waals surface area contributed by atoms with E-state index in [0.29, 0.717) is 18.4 Å². The zero-order valence-corrected chi connectivity index (χ0v) is 12.5. The highest BCUT2D eigenvalue weighted by Gasteiger charge is 2.32. The normalized spacial score (nSPS) is 14.7. The lowest BCUT2D eigenvalue weighted by Gasteiger charge is -2.24. The summed E-state index contributed by atoms with van der Waals surface area (Å²) in [5, 5.41) is 0.761. The smallest absolute Gasteiger partial charge is 0.223 e. The van der Waals surface area contributed by atoms with Gasteiger partial charge < -0.3 is 4.90 Å². The summed E-state index contributed by atoms with van der Waals surface area (Å²) < 4.78 is 0. The highest BCUT2D eigenvalue weighted by Crippen LogP contribution is 2.28. The minimum Gasteiger partial charge on any atom is -0.339 e. The van der Waals surface area contributed by atoms with Gasteiger partial charge in [0.05, 0.1) is 0 Å². The second kappa shape index (κ2) is 6.42. The molecule has 0 radical (unpaired) electrons. The number of hydrogen-bond donors (Lipinski definition) is 0. The van der Waals surface area contributed by atoms with Crippen molar-refractivity contribution in [2.75, 3.05) is 6.54 Å². The predicted molar refractivity (Wildman–Crippen MR) is 79.3 cm³/mol. The lowest BCUT2D eigenvalue weighted by atomic mass is 10.1. The SMILES string of the molecule is CC(C)CN(C(=O)CCc1ccccc1Cl)C1CC1. The maximum atomic E-state index is 12.3. The second-order valence-corrected chi connectivity index (χ2v) is 6.17. The van der Waals surface area contributed by atoms with Crippen LogP contribution in [0.5, 0.6) is 0 Å². The first-order valence-electron chi connectivity index (χ1n) is 7.11. The molecule has 0 unspecified atom stereocenters. The van der Waals surface area contributed by atoms with Crippen LogP contribution in [0.3, 0.4) is 0 Å². The van der Waals surface area contributed by atoms with E-state index in [1.165, 1.54) is 12.8 Å². The van der Waals surface area contributed by atoms with Crippen LogP contribution in [0.4, 0.5) is 0 Å². The van der Waals surface area contributed by atoms with Gasteiger partial charge in [-0.1, -0.05) is 43.6 Å². The van der Waals surface area contributed by atoms with Crippen molar-refractivity contribution in [3.05, 3.63) is 34.9 Å². The third-order valence-corrected chi connectivity index (χ3v) is 3.80. The summed E-state index contributed by atoms with van der Waals surface area (Å²) >= 11 is 6.12. The summed E-state index contributed by atoms with van der Waals surface area (Å²) in [7, 11) is 0. The number of amides is 1. The Morgan fingerprint density at radius 1 is 1.37 bits per heavy atom. The number of halogens is 1. The largest absolute Gasteiger partial charge is 0.339 e.